The number of benzene rings is 1. The summed E-state index contributed by atoms with van der Waals surface area (Å²) in [5.41, 5.74) is 5.80. The number of nitrogen functional groups attached to an aromatic ring is 1. The van der Waals surface area contributed by atoms with E-state index in [9.17, 15) is 4.79 Å². The number of aromatic carboxylic acids is 1. The fourth-order valence-electron chi connectivity index (χ4n) is 0.692. The number of rotatable bonds is 1. The van der Waals surface area contributed by atoms with Gasteiger partial charge >= 0.3 is 5.97 Å². The van der Waals surface area contributed by atoms with E-state index in [1.54, 1.807) is 18.2 Å². The van der Waals surface area contributed by atoms with E-state index in [0.29, 0.717) is 5.69 Å². The van der Waals surface area contributed by atoms with Crippen molar-refractivity contribution in [1.82, 2.24) is 0 Å². The van der Waals surface area contributed by atoms with Gasteiger partial charge in [-0.25, -0.2) is 4.79 Å². The summed E-state index contributed by atoms with van der Waals surface area (Å²) in [5, 5.41) is 8.49. The Kier molecular flexibility index (Phi) is 3.33. The van der Waals surface area contributed by atoms with E-state index in [4.69, 9.17) is 10.8 Å². The molecule has 3 nitrogen and oxygen atoms in total. The van der Waals surface area contributed by atoms with Gasteiger partial charge in [0.25, 0.3) is 0 Å². The molecule has 4 radical (unpaired) electrons. The average molecular weight is 165 g/mol. The largest absolute Gasteiger partial charge is 0.478 e. The van der Waals surface area contributed by atoms with Crippen LogP contribution in [0.4, 0.5) is 5.69 Å². The summed E-state index contributed by atoms with van der Waals surface area (Å²) < 4.78 is 0. The van der Waals surface area contributed by atoms with E-state index in [1.807, 2.05) is 0 Å². The van der Waals surface area contributed by atoms with Crippen molar-refractivity contribution in [2.75, 3.05) is 5.73 Å². The highest BCUT2D eigenvalue weighted by atomic mass is 28.1. The molecule has 0 fully saturated rings. The Labute approximate surface area is 68.9 Å². The molecule has 4 heteroatoms. The van der Waals surface area contributed by atoms with Crippen LogP contribution in [0.1, 0.15) is 10.4 Å². The predicted molar refractivity (Wildman–Crippen MR) is 43.6 cm³/mol. The van der Waals surface area contributed by atoms with Crippen molar-refractivity contribution in [2.45, 2.75) is 0 Å². The van der Waals surface area contributed by atoms with Crippen LogP contribution >= 0.6 is 0 Å². The van der Waals surface area contributed by atoms with E-state index in [-0.39, 0.29) is 16.5 Å². The van der Waals surface area contributed by atoms with Crippen LogP contribution < -0.4 is 5.73 Å². The summed E-state index contributed by atoms with van der Waals surface area (Å²) in [6.07, 6.45) is 0. The number of hydrogen-bond acceptors (Lipinski definition) is 2. The van der Waals surface area contributed by atoms with Crippen LogP contribution in [-0.4, -0.2) is 22.0 Å². The molecule has 0 bridgehead atoms. The third kappa shape index (κ3) is 2.08. The highest BCUT2D eigenvalue weighted by Crippen LogP contribution is 2.08. The molecule has 1 aromatic rings. The smallest absolute Gasteiger partial charge is 0.337 e. The maximum absolute atomic E-state index is 10.3. The first kappa shape index (κ1) is 9.71. The third-order valence-corrected chi connectivity index (χ3v) is 1.19. The Bertz CT molecular complexity index is 262. The molecule has 0 amide bonds. The van der Waals surface area contributed by atoms with Crippen LogP contribution in [0.2, 0.25) is 0 Å². The standard InChI is InChI=1S/C7H7NO2.Si/c8-6-4-2-1-3-5(6)7(9)10;/h1-4H,8H2,(H,9,10);. The van der Waals surface area contributed by atoms with Crippen LogP contribution in [0.25, 0.3) is 0 Å². The lowest BCUT2D eigenvalue weighted by molar-refractivity contribution is 0.0698. The summed E-state index contributed by atoms with van der Waals surface area (Å²) in [5.74, 6) is -0.988. The lowest BCUT2D eigenvalue weighted by Gasteiger charge is -1.96. The Morgan fingerprint density at radius 1 is 1.36 bits per heavy atom. The minimum Gasteiger partial charge on any atom is -0.478 e. The molecule has 0 saturated heterocycles. The Morgan fingerprint density at radius 2 is 1.91 bits per heavy atom. The van der Waals surface area contributed by atoms with Crippen LogP contribution in [0.5, 0.6) is 0 Å². The molecule has 0 aliphatic rings. The van der Waals surface area contributed by atoms with Gasteiger partial charge in [-0.15, -0.1) is 0 Å². The van der Waals surface area contributed by atoms with E-state index in [0.717, 1.165) is 0 Å². The number of nitrogens with two attached hydrogens (primary N) is 1. The van der Waals surface area contributed by atoms with E-state index >= 15 is 0 Å². The maximum Gasteiger partial charge on any atom is 0.337 e. The van der Waals surface area contributed by atoms with Gasteiger partial charge in [-0.2, -0.15) is 0 Å². The van der Waals surface area contributed by atoms with Crippen molar-refractivity contribution < 1.29 is 9.90 Å². The molecule has 1 rings (SSSR count). The monoisotopic (exact) mass is 165 g/mol. The molecule has 1 aromatic carbocycles. The first-order valence-electron chi connectivity index (χ1n) is 2.79. The molecule has 11 heavy (non-hydrogen) atoms. The molecule has 56 valence electrons. The minimum absolute atomic E-state index is 0. The van der Waals surface area contributed by atoms with Gasteiger partial charge in [0, 0.05) is 16.7 Å². The Morgan fingerprint density at radius 3 is 2.27 bits per heavy atom. The minimum atomic E-state index is -0.988. The second-order valence-electron chi connectivity index (χ2n) is 1.89. The SMILES string of the molecule is Nc1ccccc1C(=O)O.[Si]. The average Bonchev–Trinajstić information content (AvgIpc) is 1.88. The van der Waals surface area contributed by atoms with Gasteiger partial charge in [0.15, 0.2) is 0 Å². The van der Waals surface area contributed by atoms with Crippen molar-refractivity contribution in [3.8, 4) is 0 Å². The number of carbonyl (C=O) groups is 1. The van der Waals surface area contributed by atoms with Gasteiger partial charge < -0.3 is 10.8 Å². The van der Waals surface area contributed by atoms with Gasteiger partial charge in [0.2, 0.25) is 0 Å². The van der Waals surface area contributed by atoms with Crippen LogP contribution in [0.15, 0.2) is 24.3 Å². The van der Waals surface area contributed by atoms with Crippen LogP contribution in [-0.2, 0) is 0 Å². The van der Waals surface area contributed by atoms with Crippen molar-refractivity contribution >= 4 is 22.6 Å². The molecule has 0 aliphatic heterocycles. The summed E-state index contributed by atoms with van der Waals surface area (Å²) in [6.45, 7) is 0. The highest BCUT2D eigenvalue weighted by Gasteiger charge is 2.03. The van der Waals surface area contributed by atoms with E-state index in [2.05, 4.69) is 0 Å². The van der Waals surface area contributed by atoms with Crippen molar-refractivity contribution in [1.29, 1.82) is 0 Å². The fourth-order valence-corrected chi connectivity index (χ4v) is 0.692. The van der Waals surface area contributed by atoms with Gasteiger partial charge in [-0.3, -0.25) is 0 Å². The second-order valence-corrected chi connectivity index (χ2v) is 1.89. The second kappa shape index (κ2) is 3.77. The molecule has 0 aromatic heterocycles. The van der Waals surface area contributed by atoms with Crippen molar-refractivity contribution in [3.63, 3.8) is 0 Å². The first-order valence-corrected chi connectivity index (χ1v) is 2.79. The van der Waals surface area contributed by atoms with Crippen LogP contribution in [0.3, 0.4) is 0 Å². The normalized spacial score (nSPS) is 8.36. The summed E-state index contributed by atoms with van der Waals surface area (Å²) in [4.78, 5) is 10.3. The molecule has 0 spiro atoms. The van der Waals surface area contributed by atoms with Gasteiger partial charge in [-0.1, -0.05) is 12.1 Å². The van der Waals surface area contributed by atoms with Gasteiger partial charge in [0.1, 0.15) is 0 Å². The van der Waals surface area contributed by atoms with Gasteiger partial charge in [-0.05, 0) is 12.1 Å². The van der Waals surface area contributed by atoms with Crippen LogP contribution in [0, 0.1) is 0 Å². The quantitative estimate of drug-likeness (QED) is 0.473. The summed E-state index contributed by atoms with van der Waals surface area (Å²) in [7, 11) is 0. The summed E-state index contributed by atoms with van der Waals surface area (Å²) in [6, 6.07) is 6.36. The summed E-state index contributed by atoms with van der Waals surface area (Å²) >= 11 is 0. The first-order chi connectivity index (χ1) is 4.72. The number of carboxylic acid groups (broad SMARTS) is 1. The van der Waals surface area contributed by atoms with Crippen molar-refractivity contribution in [2.24, 2.45) is 0 Å². The molecule has 0 heterocycles. The topological polar surface area (TPSA) is 63.3 Å². The molecule has 3 N–H and O–H groups in total. The van der Waals surface area contributed by atoms with Gasteiger partial charge in [0.05, 0.1) is 5.56 Å². The molecular formula is C7H7NO2Si. The zero-order valence-electron chi connectivity index (χ0n) is 5.74. The van der Waals surface area contributed by atoms with E-state index in [1.165, 1.54) is 6.07 Å². The Hall–Kier alpha value is -1.29. The third-order valence-electron chi connectivity index (χ3n) is 1.19. The maximum atomic E-state index is 10.3. The number of hydrogen-bond donors (Lipinski definition) is 2. The predicted octanol–water partition coefficient (Wildman–Crippen LogP) is 0.586. The number of carboxylic acids is 1. The number of para-hydroxylation sites is 1. The lowest BCUT2D eigenvalue weighted by atomic mass is 10.2. The molecule has 0 unspecified atom stereocenters. The zero-order chi connectivity index (χ0) is 7.56. The molecule has 0 saturated carbocycles. The highest BCUT2D eigenvalue weighted by molar-refractivity contribution is 5.93. The fraction of sp³-hybridized carbons (Fsp3) is 0. The molecule has 0 aliphatic carbocycles. The van der Waals surface area contributed by atoms with Crippen molar-refractivity contribution in [3.05, 3.63) is 29.8 Å². The lowest BCUT2D eigenvalue weighted by Crippen LogP contribution is -2.00. The zero-order valence-corrected chi connectivity index (χ0v) is 6.74. The number of anilines is 1. The Balaban J connectivity index is 0.000001000. The molecule has 0 atom stereocenters. The van der Waals surface area contributed by atoms with E-state index < -0.39 is 5.97 Å². The molecular weight excluding hydrogens is 158 g/mol.